The molecule has 2 aromatic heterocycles. The van der Waals surface area contributed by atoms with Gasteiger partial charge in [-0.05, 0) is 39.8 Å². The van der Waals surface area contributed by atoms with Crippen LogP contribution in [0.25, 0.3) is 0 Å². The number of amides is 2. The molecule has 126 valence electrons. The summed E-state index contributed by atoms with van der Waals surface area (Å²) in [6, 6.07) is 3.02. The summed E-state index contributed by atoms with van der Waals surface area (Å²) in [5, 5.41) is 20.1. The third kappa shape index (κ3) is 3.92. The van der Waals surface area contributed by atoms with E-state index in [0.29, 0.717) is 12.3 Å². The molecule has 0 aliphatic carbocycles. The SMILES string of the molecule is CCn1nc(C)c(CNC(=O)NCC(C)(O)c2ccco2)c1C. The van der Waals surface area contributed by atoms with Crippen molar-refractivity contribution in [1.29, 1.82) is 0 Å². The van der Waals surface area contributed by atoms with E-state index in [0.717, 1.165) is 23.5 Å². The van der Waals surface area contributed by atoms with Crippen LogP contribution in [0, 0.1) is 13.8 Å². The quantitative estimate of drug-likeness (QED) is 0.757. The molecule has 0 bridgehead atoms. The second kappa shape index (κ2) is 6.87. The summed E-state index contributed by atoms with van der Waals surface area (Å²) in [4.78, 5) is 11.9. The Morgan fingerprint density at radius 1 is 1.43 bits per heavy atom. The van der Waals surface area contributed by atoms with E-state index in [-0.39, 0.29) is 12.6 Å². The van der Waals surface area contributed by atoms with Crippen LogP contribution in [-0.2, 0) is 18.7 Å². The number of urea groups is 1. The Morgan fingerprint density at radius 3 is 2.74 bits per heavy atom. The van der Waals surface area contributed by atoms with Crippen LogP contribution in [0.3, 0.4) is 0 Å². The summed E-state index contributed by atoms with van der Waals surface area (Å²) < 4.78 is 7.08. The van der Waals surface area contributed by atoms with Gasteiger partial charge in [-0.15, -0.1) is 0 Å². The van der Waals surface area contributed by atoms with Crippen molar-refractivity contribution in [3.8, 4) is 0 Å². The molecule has 3 N–H and O–H groups in total. The number of carbonyl (C=O) groups excluding carboxylic acids is 1. The van der Waals surface area contributed by atoms with Crippen molar-refractivity contribution in [3.05, 3.63) is 41.1 Å². The van der Waals surface area contributed by atoms with Crippen LogP contribution in [0.1, 0.15) is 36.6 Å². The number of aryl methyl sites for hydroxylation is 2. The number of rotatable bonds is 6. The minimum Gasteiger partial charge on any atom is -0.466 e. The van der Waals surface area contributed by atoms with Crippen molar-refractivity contribution < 1.29 is 14.3 Å². The van der Waals surface area contributed by atoms with Gasteiger partial charge in [-0.25, -0.2) is 4.79 Å². The van der Waals surface area contributed by atoms with E-state index in [4.69, 9.17) is 4.42 Å². The zero-order valence-corrected chi connectivity index (χ0v) is 14.0. The number of furan rings is 1. The lowest BCUT2D eigenvalue weighted by Gasteiger charge is -2.21. The van der Waals surface area contributed by atoms with Crippen molar-refractivity contribution in [2.75, 3.05) is 6.54 Å². The molecule has 2 heterocycles. The van der Waals surface area contributed by atoms with Crippen molar-refractivity contribution in [3.63, 3.8) is 0 Å². The monoisotopic (exact) mass is 320 g/mol. The number of nitrogens with zero attached hydrogens (tertiary/aromatic N) is 2. The van der Waals surface area contributed by atoms with Crippen molar-refractivity contribution >= 4 is 6.03 Å². The number of hydrogen-bond acceptors (Lipinski definition) is 4. The first kappa shape index (κ1) is 17.1. The van der Waals surface area contributed by atoms with Gasteiger partial charge in [0.05, 0.1) is 18.5 Å². The Balaban J connectivity index is 1.87. The van der Waals surface area contributed by atoms with E-state index >= 15 is 0 Å². The maximum atomic E-state index is 11.9. The molecule has 1 atom stereocenters. The number of hydrogen-bond donors (Lipinski definition) is 3. The van der Waals surface area contributed by atoms with Gasteiger partial charge >= 0.3 is 6.03 Å². The lowest BCUT2D eigenvalue weighted by atomic mass is 10.0. The standard InChI is InChI=1S/C16H24N4O3/c1-5-20-12(3)13(11(2)19-20)9-17-15(21)18-10-16(4,22)14-7-6-8-23-14/h6-8,22H,5,9-10H2,1-4H3,(H2,17,18,21). The van der Waals surface area contributed by atoms with E-state index in [2.05, 4.69) is 15.7 Å². The normalized spacial score (nSPS) is 13.6. The molecule has 23 heavy (non-hydrogen) atoms. The van der Waals surface area contributed by atoms with Gasteiger partial charge in [0, 0.05) is 24.3 Å². The van der Waals surface area contributed by atoms with Crippen LogP contribution in [0.15, 0.2) is 22.8 Å². The largest absolute Gasteiger partial charge is 0.466 e. The van der Waals surface area contributed by atoms with Crippen LogP contribution < -0.4 is 10.6 Å². The predicted molar refractivity (Wildman–Crippen MR) is 85.9 cm³/mol. The Labute approximate surface area is 135 Å². The molecule has 0 aliphatic rings. The summed E-state index contributed by atoms with van der Waals surface area (Å²) in [6.45, 7) is 8.78. The zero-order chi connectivity index (χ0) is 17.0. The van der Waals surface area contributed by atoms with Crippen LogP contribution in [-0.4, -0.2) is 27.5 Å². The van der Waals surface area contributed by atoms with Crippen molar-refractivity contribution in [2.24, 2.45) is 0 Å². The molecule has 2 aromatic rings. The molecule has 7 heteroatoms. The Kier molecular flexibility index (Phi) is 5.10. The fourth-order valence-electron chi connectivity index (χ4n) is 2.45. The van der Waals surface area contributed by atoms with Gasteiger partial charge in [0.25, 0.3) is 0 Å². The average Bonchev–Trinajstić information content (AvgIpc) is 3.13. The highest BCUT2D eigenvalue weighted by molar-refractivity contribution is 5.74. The number of carbonyl (C=O) groups is 1. The van der Waals surface area contributed by atoms with E-state index in [1.54, 1.807) is 19.1 Å². The molecule has 2 amide bonds. The maximum Gasteiger partial charge on any atom is 0.315 e. The molecule has 0 radical (unpaired) electrons. The minimum atomic E-state index is -1.25. The first-order valence-electron chi connectivity index (χ1n) is 7.66. The summed E-state index contributed by atoms with van der Waals surface area (Å²) in [5.41, 5.74) is 1.72. The third-order valence-corrected chi connectivity index (χ3v) is 3.90. The first-order chi connectivity index (χ1) is 10.8. The Bertz CT molecular complexity index is 659. The van der Waals surface area contributed by atoms with Gasteiger partial charge < -0.3 is 20.2 Å². The topological polar surface area (TPSA) is 92.3 Å². The van der Waals surface area contributed by atoms with Gasteiger partial charge in [-0.3, -0.25) is 4.68 Å². The average molecular weight is 320 g/mol. The molecule has 0 aliphatic heterocycles. The second-order valence-corrected chi connectivity index (χ2v) is 5.75. The highest BCUT2D eigenvalue weighted by atomic mass is 16.4. The third-order valence-electron chi connectivity index (χ3n) is 3.90. The van der Waals surface area contributed by atoms with E-state index in [1.165, 1.54) is 6.26 Å². The lowest BCUT2D eigenvalue weighted by Crippen LogP contribution is -2.43. The molecule has 0 saturated heterocycles. The second-order valence-electron chi connectivity index (χ2n) is 5.75. The molecule has 2 rings (SSSR count). The smallest absolute Gasteiger partial charge is 0.315 e. The molecule has 7 nitrogen and oxygen atoms in total. The highest BCUT2D eigenvalue weighted by Gasteiger charge is 2.26. The summed E-state index contributed by atoms with van der Waals surface area (Å²) in [5.74, 6) is 0.411. The number of nitrogens with one attached hydrogen (secondary N) is 2. The molecule has 0 aromatic carbocycles. The fraction of sp³-hybridized carbons (Fsp3) is 0.500. The zero-order valence-electron chi connectivity index (χ0n) is 14.0. The van der Waals surface area contributed by atoms with Gasteiger partial charge in [0.15, 0.2) is 0 Å². The van der Waals surface area contributed by atoms with E-state index < -0.39 is 5.60 Å². The van der Waals surface area contributed by atoms with E-state index in [9.17, 15) is 9.90 Å². The fourth-order valence-corrected chi connectivity index (χ4v) is 2.45. The molecule has 0 fully saturated rings. The van der Waals surface area contributed by atoms with E-state index in [1.807, 2.05) is 25.5 Å². The number of aliphatic hydroxyl groups is 1. The Hall–Kier alpha value is -2.28. The predicted octanol–water partition coefficient (Wildman–Crippen LogP) is 1.82. The maximum absolute atomic E-state index is 11.9. The van der Waals surface area contributed by atoms with Crippen molar-refractivity contribution in [1.82, 2.24) is 20.4 Å². The van der Waals surface area contributed by atoms with Gasteiger partial charge in [0.1, 0.15) is 11.4 Å². The van der Waals surface area contributed by atoms with Gasteiger partial charge in [-0.2, -0.15) is 5.10 Å². The van der Waals surface area contributed by atoms with Crippen LogP contribution in [0.4, 0.5) is 4.79 Å². The van der Waals surface area contributed by atoms with Crippen LogP contribution in [0.2, 0.25) is 0 Å². The number of aromatic nitrogens is 2. The van der Waals surface area contributed by atoms with Crippen LogP contribution >= 0.6 is 0 Å². The summed E-state index contributed by atoms with van der Waals surface area (Å²) in [7, 11) is 0. The first-order valence-corrected chi connectivity index (χ1v) is 7.66. The van der Waals surface area contributed by atoms with Crippen molar-refractivity contribution in [2.45, 2.75) is 46.4 Å². The minimum absolute atomic E-state index is 0.0541. The Morgan fingerprint density at radius 2 is 2.17 bits per heavy atom. The molecule has 0 spiro atoms. The molecular formula is C16H24N4O3. The summed E-state index contributed by atoms with van der Waals surface area (Å²) in [6.07, 6.45) is 1.49. The molecule has 1 unspecified atom stereocenters. The molecular weight excluding hydrogens is 296 g/mol. The molecule has 0 saturated carbocycles. The summed E-state index contributed by atoms with van der Waals surface area (Å²) >= 11 is 0. The van der Waals surface area contributed by atoms with Crippen LogP contribution in [0.5, 0.6) is 0 Å². The van der Waals surface area contributed by atoms with Gasteiger partial charge in [-0.1, -0.05) is 0 Å². The van der Waals surface area contributed by atoms with Gasteiger partial charge in [0.2, 0.25) is 0 Å². The highest BCUT2D eigenvalue weighted by Crippen LogP contribution is 2.19. The lowest BCUT2D eigenvalue weighted by molar-refractivity contribution is 0.0367.